The topological polar surface area (TPSA) is 51.4 Å². The summed E-state index contributed by atoms with van der Waals surface area (Å²) >= 11 is 1.50. The van der Waals surface area contributed by atoms with Crippen LogP contribution < -0.4 is 4.90 Å². The fraction of sp³-hybridized carbons (Fsp3) is 0.571. The van der Waals surface area contributed by atoms with E-state index in [0.717, 1.165) is 35.6 Å². The third-order valence-electron chi connectivity index (χ3n) is 3.84. The molecule has 1 saturated carbocycles. The Kier molecular flexibility index (Phi) is 3.00. The molecule has 2 aromatic heterocycles. The third kappa shape index (κ3) is 2.23. The van der Waals surface area contributed by atoms with Gasteiger partial charge in [0.2, 0.25) is 5.13 Å². The summed E-state index contributed by atoms with van der Waals surface area (Å²) in [6, 6.07) is 4.14. The summed E-state index contributed by atoms with van der Waals surface area (Å²) in [6.07, 6.45) is 2.47. The van der Waals surface area contributed by atoms with Crippen LogP contribution in [-0.2, 0) is 4.74 Å². The smallest absolute Gasteiger partial charge is 0.206 e. The van der Waals surface area contributed by atoms with E-state index in [1.807, 2.05) is 19.1 Å². The fourth-order valence-corrected chi connectivity index (χ4v) is 3.37. The van der Waals surface area contributed by atoms with Gasteiger partial charge in [0, 0.05) is 24.0 Å². The minimum Gasteiger partial charge on any atom is -0.464 e. The van der Waals surface area contributed by atoms with Gasteiger partial charge < -0.3 is 14.1 Å². The number of nitrogens with zero attached hydrogens (tertiary/aromatic N) is 3. The van der Waals surface area contributed by atoms with E-state index in [2.05, 4.69) is 9.27 Å². The van der Waals surface area contributed by atoms with Crippen LogP contribution in [0.5, 0.6) is 0 Å². The highest BCUT2D eigenvalue weighted by Crippen LogP contribution is 2.41. The molecule has 0 bridgehead atoms. The molecule has 106 valence electrons. The zero-order valence-corrected chi connectivity index (χ0v) is 12.2. The van der Waals surface area contributed by atoms with Crippen molar-refractivity contribution in [2.45, 2.75) is 31.7 Å². The predicted octanol–water partition coefficient (Wildman–Crippen LogP) is 2.89. The molecule has 5 nitrogen and oxygen atoms in total. The van der Waals surface area contributed by atoms with Gasteiger partial charge in [-0.25, -0.2) is 4.98 Å². The summed E-state index contributed by atoms with van der Waals surface area (Å²) in [4.78, 5) is 6.98. The number of ether oxygens (including phenoxy) is 1. The standard InChI is InChI=1S/C14H17N3O2S/c1-9-2-5-12(19-9)11-8-18-7-6-17(11)14-15-13(16-20-14)10-3-4-10/h2,5,10-11H,3-4,6-8H2,1H3. The van der Waals surface area contributed by atoms with Crippen LogP contribution in [0.2, 0.25) is 0 Å². The minimum atomic E-state index is 0.109. The van der Waals surface area contributed by atoms with E-state index < -0.39 is 0 Å². The summed E-state index contributed by atoms with van der Waals surface area (Å²) in [5.41, 5.74) is 0. The van der Waals surface area contributed by atoms with E-state index >= 15 is 0 Å². The summed E-state index contributed by atoms with van der Waals surface area (Å²) in [7, 11) is 0. The van der Waals surface area contributed by atoms with Crippen LogP contribution in [0, 0.1) is 6.92 Å². The van der Waals surface area contributed by atoms with E-state index in [-0.39, 0.29) is 6.04 Å². The second-order valence-corrected chi connectivity index (χ2v) is 6.17. The molecule has 0 aromatic carbocycles. The van der Waals surface area contributed by atoms with Crippen molar-refractivity contribution in [1.29, 1.82) is 0 Å². The first-order valence-corrected chi connectivity index (χ1v) is 7.83. The normalized spacial score (nSPS) is 23.2. The van der Waals surface area contributed by atoms with Gasteiger partial charge >= 0.3 is 0 Å². The van der Waals surface area contributed by atoms with Gasteiger partial charge in [0.1, 0.15) is 23.4 Å². The van der Waals surface area contributed by atoms with Crippen molar-refractivity contribution in [2.24, 2.45) is 0 Å². The van der Waals surface area contributed by atoms with Gasteiger partial charge in [-0.1, -0.05) is 0 Å². The van der Waals surface area contributed by atoms with Crippen molar-refractivity contribution in [3.63, 3.8) is 0 Å². The molecule has 1 saturated heterocycles. The van der Waals surface area contributed by atoms with Crippen LogP contribution in [0.4, 0.5) is 5.13 Å². The zero-order chi connectivity index (χ0) is 13.5. The van der Waals surface area contributed by atoms with Gasteiger partial charge in [-0.2, -0.15) is 4.37 Å². The number of aromatic nitrogens is 2. The Morgan fingerprint density at radius 1 is 1.35 bits per heavy atom. The molecular formula is C14H17N3O2S. The second-order valence-electron chi connectivity index (χ2n) is 5.44. The molecule has 2 aliphatic rings. The molecule has 4 rings (SSSR count). The maximum Gasteiger partial charge on any atom is 0.206 e. The van der Waals surface area contributed by atoms with Gasteiger partial charge in [0.15, 0.2) is 0 Å². The highest BCUT2D eigenvalue weighted by Gasteiger charge is 2.32. The molecule has 1 aliphatic carbocycles. The summed E-state index contributed by atoms with van der Waals surface area (Å²) in [5.74, 6) is 3.50. The van der Waals surface area contributed by atoms with E-state index in [4.69, 9.17) is 14.1 Å². The van der Waals surface area contributed by atoms with Crippen LogP contribution in [0.3, 0.4) is 0 Å². The lowest BCUT2D eigenvalue weighted by Gasteiger charge is -2.33. The predicted molar refractivity (Wildman–Crippen MR) is 76.2 cm³/mol. The van der Waals surface area contributed by atoms with E-state index in [1.165, 1.54) is 24.4 Å². The van der Waals surface area contributed by atoms with Crippen molar-refractivity contribution in [1.82, 2.24) is 9.36 Å². The Labute approximate surface area is 121 Å². The monoisotopic (exact) mass is 291 g/mol. The molecule has 3 heterocycles. The first-order valence-electron chi connectivity index (χ1n) is 7.05. The van der Waals surface area contributed by atoms with Gasteiger partial charge in [0.25, 0.3) is 0 Å². The minimum absolute atomic E-state index is 0.109. The fourth-order valence-electron chi connectivity index (χ4n) is 2.55. The summed E-state index contributed by atoms with van der Waals surface area (Å²) < 4.78 is 15.9. The van der Waals surface area contributed by atoms with E-state index in [1.54, 1.807) is 0 Å². The number of furan rings is 1. The lowest BCUT2D eigenvalue weighted by atomic mass is 10.2. The zero-order valence-electron chi connectivity index (χ0n) is 11.4. The molecule has 0 spiro atoms. The molecular weight excluding hydrogens is 274 g/mol. The molecule has 1 atom stereocenters. The van der Waals surface area contributed by atoms with Gasteiger partial charge in [0.05, 0.1) is 13.2 Å². The van der Waals surface area contributed by atoms with Crippen LogP contribution in [0.1, 0.15) is 42.1 Å². The van der Waals surface area contributed by atoms with E-state index in [0.29, 0.717) is 12.5 Å². The number of rotatable bonds is 3. The van der Waals surface area contributed by atoms with E-state index in [9.17, 15) is 0 Å². The molecule has 2 fully saturated rings. The van der Waals surface area contributed by atoms with Gasteiger partial charge in [-0.15, -0.1) is 0 Å². The summed E-state index contributed by atoms with van der Waals surface area (Å²) in [5, 5.41) is 0.995. The van der Waals surface area contributed by atoms with Crippen molar-refractivity contribution >= 4 is 16.7 Å². The number of hydrogen-bond donors (Lipinski definition) is 0. The van der Waals surface area contributed by atoms with Crippen molar-refractivity contribution in [3.05, 3.63) is 29.5 Å². The maximum atomic E-state index is 5.78. The second kappa shape index (κ2) is 4.86. The van der Waals surface area contributed by atoms with Gasteiger partial charge in [-0.3, -0.25) is 0 Å². The third-order valence-corrected chi connectivity index (χ3v) is 4.60. The molecule has 0 amide bonds. The number of morpholine rings is 1. The van der Waals surface area contributed by atoms with Crippen molar-refractivity contribution in [2.75, 3.05) is 24.7 Å². The highest BCUT2D eigenvalue weighted by molar-refractivity contribution is 7.09. The Hall–Kier alpha value is -1.40. The molecule has 2 aromatic rings. The maximum absolute atomic E-state index is 5.78. The van der Waals surface area contributed by atoms with Crippen LogP contribution >= 0.6 is 11.5 Å². The molecule has 1 aliphatic heterocycles. The first kappa shape index (κ1) is 12.3. The molecule has 6 heteroatoms. The van der Waals surface area contributed by atoms with Gasteiger partial charge in [-0.05, 0) is 31.9 Å². The Morgan fingerprint density at radius 2 is 2.25 bits per heavy atom. The quantitative estimate of drug-likeness (QED) is 0.870. The van der Waals surface area contributed by atoms with Crippen molar-refractivity contribution in [3.8, 4) is 0 Å². The lowest BCUT2D eigenvalue weighted by molar-refractivity contribution is 0.0874. The Bertz CT molecular complexity index is 605. The lowest BCUT2D eigenvalue weighted by Crippen LogP contribution is -2.39. The summed E-state index contributed by atoms with van der Waals surface area (Å²) in [6.45, 7) is 4.18. The average Bonchev–Trinajstić information content (AvgIpc) is 3.04. The van der Waals surface area contributed by atoms with Crippen molar-refractivity contribution < 1.29 is 9.15 Å². The first-order chi connectivity index (χ1) is 9.81. The van der Waals surface area contributed by atoms with Crippen LogP contribution in [0.15, 0.2) is 16.5 Å². The Balaban J connectivity index is 1.62. The highest BCUT2D eigenvalue weighted by atomic mass is 32.1. The molecule has 0 radical (unpaired) electrons. The average molecular weight is 291 g/mol. The van der Waals surface area contributed by atoms with Crippen LogP contribution in [-0.4, -0.2) is 29.1 Å². The number of hydrogen-bond acceptors (Lipinski definition) is 6. The Morgan fingerprint density at radius 3 is 3.00 bits per heavy atom. The van der Waals surface area contributed by atoms with Crippen LogP contribution in [0.25, 0.3) is 0 Å². The largest absolute Gasteiger partial charge is 0.464 e. The molecule has 20 heavy (non-hydrogen) atoms. The molecule has 1 unspecified atom stereocenters. The number of anilines is 1. The number of aryl methyl sites for hydroxylation is 1. The SMILES string of the molecule is Cc1ccc(C2COCCN2c2nc(C3CC3)ns2)o1. The molecule has 0 N–H and O–H groups in total.